The zero-order chi connectivity index (χ0) is 33.8. The average molecular weight is 754 g/mol. The second kappa shape index (κ2) is 28.9. The van der Waals surface area contributed by atoms with Crippen LogP contribution in [-0.2, 0) is 33.5 Å². The fraction of sp³-hybridized carbons (Fsp3) is 0.805. The van der Waals surface area contributed by atoms with Crippen LogP contribution in [0.5, 0.6) is 0 Å². The molecule has 46 heavy (non-hydrogen) atoms. The van der Waals surface area contributed by atoms with E-state index in [0.29, 0.717) is 5.56 Å². The highest BCUT2D eigenvalue weighted by Crippen LogP contribution is 2.36. The lowest BCUT2D eigenvalue weighted by Crippen LogP contribution is -2.31. The molecule has 1 rings (SSSR count). The lowest BCUT2D eigenvalue weighted by molar-refractivity contribution is -0.118. The molecule has 0 radical (unpaired) electrons. The molecule has 0 saturated carbocycles. The number of nitrogens with one attached hydrogen (secondary N) is 1. The first-order valence-electron chi connectivity index (χ1n) is 19.7. The van der Waals surface area contributed by atoms with E-state index in [-0.39, 0.29) is 11.8 Å². The zero-order valence-corrected chi connectivity index (χ0v) is 33.1. The van der Waals surface area contributed by atoms with Crippen LogP contribution in [-0.4, -0.2) is 11.8 Å². The van der Waals surface area contributed by atoms with Gasteiger partial charge >= 0.3 is 0 Å². The number of carbonyl (C=O) groups is 2. The van der Waals surface area contributed by atoms with Gasteiger partial charge in [-0.25, -0.2) is 0 Å². The highest BCUT2D eigenvalue weighted by atomic mass is 127. The van der Waals surface area contributed by atoms with Crippen LogP contribution in [0, 0.1) is 3.57 Å². The average Bonchev–Trinajstić information content (AvgIpc) is 3.04. The number of imide groups is 1. The standard InChI is InChI=1S/C41H72INO3/c1-6-10-14-18-22-26-30-35-36(31-27-23-19-15-11-7-2)38(33-29-25-21-17-13-9-4)40(42-46)39(41(45)43-34(5)44)37(35)32-28-24-20-16-12-8-3/h6-33H2,1-5H3,(H,43,44,45). The Bertz CT molecular complexity index is 973. The molecule has 0 heterocycles. The maximum absolute atomic E-state index is 13.8. The van der Waals surface area contributed by atoms with Crippen molar-refractivity contribution in [2.45, 2.75) is 214 Å². The number of hydrogen-bond acceptors (Lipinski definition) is 3. The molecule has 0 fully saturated rings. The summed E-state index contributed by atoms with van der Waals surface area (Å²) < 4.78 is 14.1. The Hall–Kier alpha value is -1.11. The van der Waals surface area contributed by atoms with Gasteiger partial charge in [0.15, 0.2) is 21.2 Å². The Morgan fingerprint density at radius 2 is 0.761 bits per heavy atom. The molecule has 0 spiro atoms. The van der Waals surface area contributed by atoms with Crippen molar-refractivity contribution in [2.24, 2.45) is 0 Å². The molecule has 1 N–H and O–H groups in total. The number of carbonyl (C=O) groups excluding carboxylic acids is 2. The molecule has 266 valence electrons. The van der Waals surface area contributed by atoms with Crippen molar-refractivity contribution in [1.82, 2.24) is 5.32 Å². The Balaban J connectivity index is 3.64. The van der Waals surface area contributed by atoms with Gasteiger partial charge in [0, 0.05) is 6.92 Å². The van der Waals surface area contributed by atoms with E-state index in [0.717, 1.165) is 66.9 Å². The Kier molecular flexibility index (Phi) is 26.9. The third-order valence-electron chi connectivity index (χ3n) is 9.59. The smallest absolute Gasteiger partial charge is 0.259 e. The van der Waals surface area contributed by atoms with Gasteiger partial charge in [0.2, 0.25) is 5.91 Å². The van der Waals surface area contributed by atoms with E-state index >= 15 is 0 Å². The van der Waals surface area contributed by atoms with Crippen LogP contribution in [0.2, 0.25) is 0 Å². The van der Waals surface area contributed by atoms with Crippen molar-refractivity contribution in [3.8, 4) is 0 Å². The number of amides is 2. The molecular formula is C41H72INO3. The molecule has 2 amide bonds. The second-order valence-electron chi connectivity index (χ2n) is 13.8. The summed E-state index contributed by atoms with van der Waals surface area (Å²) in [5.74, 6) is -0.657. The van der Waals surface area contributed by atoms with Gasteiger partial charge in [0.05, 0.1) is 9.13 Å². The number of hydrogen-bond donors (Lipinski definition) is 1. The molecule has 0 aliphatic rings. The minimum atomic E-state index is -1.57. The first-order valence-corrected chi connectivity index (χ1v) is 21.7. The van der Waals surface area contributed by atoms with E-state index in [1.54, 1.807) is 0 Å². The minimum Gasteiger partial charge on any atom is -0.293 e. The second-order valence-corrected chi connectivity index (χ2v) is 15.3. The highest BCUT2D eigenvalue weighted by Gasteiger charge is 2.27. The van der Waals surface area contributed by atoms with E-state index in [1.165, 1.54) is 146 Å². The summed E-state index contributed by atoms with van der Waals surface area (Å²) in [6, 6.07) is 0. The maximum Gasteiger partial charge on any atom is 0.259 e. The first-order chi connectivity index (χ1) is 22.5. The van der Waals surface area contributed by atoms with Gasteiger partial charge in [-0.3, -0.25) is 18.0 Å². The van der Waals surface area contributed by atoms with Crippen LogP contribution in [0.4, 0.5) is 0 Å². The highest BCUT2D eigenvalue weighted by molar-refractivity contribution is 14.1. The molecule has 0 atom stereocenters. The SMILES string of the molecule is CCCCCCCCc1c(CCCCCCCC)c(CCCCCCCC)c(C(=O)NC(C)=O)c(I=O)c1CCCCCCCC. The van der Waals surface area contributed by atoms with Gasteiger partial charge in [-0.1, -0.05) is 156 Å². The summed E-state index contributed by atoms with van der Waals surface area (Å²) in [6.45, 7) is 10.5. The van der Waals surface area contributed by atoms with E-state index in [4.69, 9.17) is 0 Å². The van der Waals surface area contributed by atoms with Crippen LogP contribution in [0.25, 0.3) is 0 Å². The number of halogens is 1. The number of benzene rings is 1. The van der Waals surface area contributed by atoms with E-state index in [1.807, 2.05) is 0 Å². The van der Waals surface area contributed by atoms with Gasteiger partial charge in [-0.15, -0.1) is 0 Å². The molecule has 0 aliphatic carbocycles. The third-order valence-corrected chi connectivity index (χ3v) is 11.2. The third kappa shape index (κ3) is 17.9. The van der Waals surface area contributed by atoms with Gasteiger partial charge in [-0.05, 0) is 73.6 Å². The Morgan fingerprint density at radius 3 is 1.11 bits per heavy atom. The monoisotopic (exact) mass is 753 g/mol. The molecule has 0 unspecified atom stereocenters. The number of rotatable bonds is 30. The molecule has 0 saturated heterocycles. The van der Waals surface area contributed by atoms with Crippen molar-refractivity contribution < 1.29 is 12.7 Å². The van der Waals surface area contributed by atoms with Gasteiger partial charge in [0.25, 0.3) is 5.91 Å². The normalized spacial score (nSPS) is 11.3. The quantitative estimate of drug-likeness (QED) is 0.0628. The zero-order valence-electron chi connectivity index (χ0n) is 30.9. The first kappa shape index (κ1) is 42.9. The van der Waals surface area contributed by atoms with Gasteiger partial charge in [0.1, 0.15) is 0 Å². The van der Waals surface area contributed by atoms with E-state index in [9.17, 15) is 12.7 Å². The van der Waals surface area contributed by atoms with Crippen molar-refractivity contribution >= 4 is 33.0 Å². The molecule has 1 aromatic carbocycles. The summed E-state index contributed by atoms with van der Waals surface area (Å²) in [4.78, 5) is 26.0. The van der Waals surface area contributed by atoms with Gasteiger partial charge < -0.3 is 0 Å². The Labute approximate surface area is 295 Å². The van der Waals surface area contributed by atoms with Crippen molar-refractivity contribution in [2.75, 3.05) is 0 Å². The summed E-state index contributed by atoms with van der Waals surface area (Å²) >= 11 is -1.57. The van der Waals surface area contributed by atoms with Crippen LogP contribution >= 0.6 is 21.2 Å². The molecular weight excluding hydrogens is 681 g/mol. The van der Waals surface area contributed by atoms with Crippen LogP contribution < -0.4 is 5.32 Å². The number of unbranched alkanes of at least 4 members (excludes halogenated alkanes) is 20. The lowest BCUT2D eigenvalue weighted by atomic mass is 9.82. The molecule has 0 aromatic heterocycles. The van der Waals surface area contributed by atoms with E-state index in [2.05, 4.69) is 33.0 Å². The Morgan fingerprint density at radius 1 is 0.457 bits per heavy atom. The molecule has 4 nitrogen and oxygen atoms in total. The predicted molar refractivity (Wildman–Crippen MR) is 206 cm³/mol. The molecule has 0 bridgehead atoms. The summed E-state index contributed by atoms with van der Waals surface area (Å²) in [7, 11) is 0. The van der Waals surface area contributed by atoms with Crippen LogP contribution in [0.1, 0.15) is 221 Å². The largest absolute Gasteiger partial charge is 0.293 e. The van der Waals surface area contributed by atoms with E-state index < -0.39 is 21.2 Å². The lowest BCUT2D eigenvalue weighted by Gasteiger charge is -2.25. The van der Waals surface area contributed by atoms with Crippen molar-refractivity contribution in [3.05, 3.63) is 31.4 Å². The maximum atomic E-state index is 13.8. The predicted octanol–water partition coefficient (Wildman–Crippen LogP) is 13.1. The molecule has 0 aliphatic heterocycles. The van der Waals surface area contributed by atoms with Crippen LogP contribution in [0.3, 0.4) is 0 Å². The van der Waals surface area contributed by atoms with Crippen molar-refractivity contribution in [3.63, 3.8) is 0 Å². The summed E-state index contributed by atoms with van der Waals surface area (Å²) in [5.41, 5.74) is 5.77. The van der Waals surface area contributed by atoms with Crippen LogP contribution in [0.15, 0.2) is 0 Å². The summed E-state index contributed by atoms with van der Waals surface area (Å²) in [5, 5.41) is 2.62. The van der Waals surface area contributed by atoms with Gasteiger partial charge in [-0.2, -0.15) is 0 Å². The summed E-state index contributed by atoms with van der Waals surface area (Å²) in [6.07, 6.45) is 33.2. The molecule has 5 heteroatoms. The fourth-order valence-electron chi connectivity index (χ4n) is 6.94. The molecule has 1 aromatic rings. The minimum absolute atomic E-state index is 0.321. The van der Waals surface area contributed by atoms with Crippen molar-refractivity contribution in [1.29, 1.82) is 0 Å². The topological polar surface area (TPSA) is 63.2 Å². The fourth-order valence-corrected chi connectivity index (χ4v) is 8.60.